The maximum atomic E-state index is 14.6. The lowest BCUT2D eigenvalue weighted by Crippen LogP contribution is -2.42. The van der Waals surface area contributed by atoms with Gasteiger partial charge in [-0.1, -0.05) is 69.9 Å². The van der Waals surface area contributed by atoms with E-state index in [0.717, 1.165) is 64.2 Å². The summed E-state index contributed by atoms with van der Waals surface area (Å²) in [6.07, 6.45) is 24.1. The molecule has 2 rings (SSSR count). The quantitative estimate of drug-likeness (QED) is 0.373. The van der Waals surface area contributed by atoms with Gasteiger partial charge in [0.05, 0.1) is 0 Å². The minimum absolute atomic E-state index is 0.402. The highest BCUT2D eigenvalue weighted by Gasteiger charge is 2.46. The second-order valence-corrected chi connectivity index (χ2v) is 11.5. The van der Waals surface area contributed by atoms with Gasteiger partial charge in [0.2, 0.25) is 0 Å². The SMILES string of the molecule is C/C1=C/C/C=C(\C)C(C)(C(=O)C2(C)CC/C(C)=C\CC/C(C)=C\C/C=C/2C)CC/C(C)=C\CC1. The summed E-state index contributed by atoms with van der Waals surface area (Å²) < 4.78 is 0. The Morgan fingerprint density at radius 3 is 1.29 bits per heavy atom. The van der Waals surface area contributed by atoms with Gasteiger partial charge < -0.3 is 0 Å². The monoisotopic (exact) mass is 462 g/mol. The summed E-state index contributed by atoms with van der Waals surface area (Å²) in [6, 6.07) is 0. The Morgan fingerprint density at radius 1 is 0.559 bits per heavy atom. The minimum Gasteiger partial charge on any atom is -0.298 e. The Balaban J connectivity index is 2.52. The molecule has 0 heterocycles. The van der Waals surface area contributed by atoms with Gasteiger partial charge in [0, 0.05) is 10.8 Å². The zero-order valence-electron chi connectivity index (χ0n) is 23.4. The predicted molar refractivity (Wildman–Crippen MR) is 150 cm³/mol. The molecule has 188 valence electrons. The zero-order chi connectivity index (χ0) is 25.4. The number of carbonyl (C=O) groups excluding carboxylic acids is 1. The zero-order valence-corrected chi connectivity index (χ0v) is 23.4. The molecule has 0 saturated heterocycles. The van der Waals surface area contributed by atoms with Crippen LogP contribution in [0.25, 0.3) is 0 Å². The third-order valence-corrected chi connectivity index (χ3v) is 8.63. The molecular weight excluding hydrogens is 412 g/mol. The smallest absolute Gasteiger partial charge is 0.152 e. The molecule has 0 aromatic heterocycles. The maximum Gasteiger partial charge on any atom is 0.152 e. The highest BCUT2D eigenvalue weighted by molar-refractivity contribution is 5.94. The number of carbonyl (C=O) groups is 1. The standard InChI is InChI=1S/C33H50O/c1-25-13-9-15-27(3)21-23-32(7,29(5)19-11-17-25)31(34)33(8)24-22-28(4)16-10-14-26(2)18-12-20-30(33)6/h15-20H,9-14,21-24H2,1-8H3/b25-17-,26-18-,27-15-,28-16-,29-19+,30-20+. The average molecular weight is 463 g/mol. The Kier molecular flexibility index (Phi) is 10.6. The van der Waals surface area contributed by atoms with E-state index in [-0.39, 0.29) is 0 Å². The minimum atomic E-state index is -0.458. The van der Waals surface area contributed by atoms with Crippen LogP contribution in [-0.2, 0) is 4.79 Å². The fraction of sp³-hybridized carbons (Fsp3) is 0.606. The molecule has 0 N–H and O–H groups in total. The fourth-order valence-electron chi connectivity index (χ4n) is 5.31. The van der Waals surface area contributed by atoms with E-state index >= 15 is 0 Å². The van der Waals surface area contributed by atoms with Crippen molar-refractivity contribution in [2.75, 3.05) is 0 Å². The first kappa shape index (κ1) is 28.3. The van der Waals surface area contributed by atoms with Crippen LogP contribution in [0.15, 0.2) is 69.9 Å². The van der Waals surface area contributed by atoms with E-state index in [1.165, 1.54) is 33.4 Å². The van der Waals surface area contributed by atoms with E-state index in [4.69, 9.17) is 0 Å². The van der Waals surface area contributed by atoms with Crippen LogP contribution in [0.4, 0.5) is 0 Å². The largest absolute Gasteiger partial charge is 0.298 e. The van der Waals surface area contributed by atoms with Crippen molar-refractivity contribution in [3.8, 4) is 0 Å². The molecular formula is C33H50O. The van der Waals surface area contributed by atoms with Gasteiger partial charge in [-0.3, -0.25) is 4.79 Å². The van der Waals surface area contributed by atoms with Crippen LogP contribution in [0.1, 0.15) is 120 Å². The Morgan fingerprint density at radius 2 is 0.912 bits per heavy atom. The predicted octanol–water partition coefficient (Wildman–Crippen LogP) is 10.2. The molecule has 0 fully saturated rings. The van der Waals surface area contributed by atoms with Crippen molar-refractivity contribution in [2.45, 2.75) is 120 Å². The van der Waals surface area contributed by atoms with Crippen LogP contribution in [-0.4, -0.2) is 5.78 Å². The van der Waals surface area contributed by atoms with Crippen molar-refractivity contribution in [3.05, 3.63) is 69.9 Å². The van der Waals surface area contributed by atoms with Gasteiger partial charge in [-0.15, -0.1) is 0 Å². The molecule has 0 aromatic rings. The number of Topliss-reactive ketones (excluding diaryl/α,β-unsaturated/α-hetero) is 1. The van der Waals surface area contributed by atoms with Gasteiger partial charge in [0.25, 0.3) is 0 Å². The highest BCUT2D eigenvalue weighted by Crippen LogP contribution is 2.46. The summed E-state index contributed by atoms with van der Waals surface area (Å²) in [5.41, 5.74) is 7.26. The number of hydrogen-bond acceptors (Lipinski definition) is 1. The van der Waals surface area contributed by atoms with Gasteiger partial charge in [-0.2, -0.15) is 0 Å². The first-order chi connectivity index (χ1) is 16.0. The normalized spacial score (nSPS) is 38.0. The Bertz CT molecular complexity index is 842. The number of allylic oxidation sites excluding steroid dienone is 12. The lowest BCUT2D eigenvalue weighted by Gasteiger charge is -2.40. The van der Waals surface area contributed by atoms with Crippen molar-refractivity contribution in [1.29, 1.82) is 0 Å². The van der Waals surface area contributed by atoms with Crippen LogP contribution in [0.2, 0.25) is 0 Å². The summed E-state index contributed by atoms with van der Waals surface area (Å²) in [6.45, 7) is 17.8. The van der Waals surface area contributed by atoms with Crippen molar-refractivity contribution in [2.24, 2.45) is 10.8 Å². The van der Waals surface area contributed by atoms with Gasteiger partial charge in [-0.25, -0.2) is 0 Å². The van der Waals surface area contributed by atoms with E-state index in [1.54, 1.807) is 0 Å². The van der Waals surface area contributed by atoms with Crippen molar-refractivity contribution < 1.29 is 4.79 Å². The summed E-state index contributed by atoms with van der Waals surface area (Å²) >= 11 is 0. The number of ketones is 1. The molecule has 34 heavy (non-hydrogen) atoms. The molecule has 2 aliphatic carbocycles. The van der Waals surface area contributed by atoms with E-state index in [0.29, 0.717) is 5.78 Å². The first-order valence-electron chi connectivity index (χ1n) is 13.5. The molecule has 0 radical (unpaired) electrons. The van der Waals surface area contributed by atoms with Crippen LogP contribution in [0.5, 0.6) is 0 Å². The third-order valence-electron chi connectivity index (χ3n) is 8.63. The van der Waals surface area contributed by atoms with Gasteiger partial charge in [-0.05, 0) is 120 Å². The van der Waals surface area contributed by atoms with E-state index < -0.39 is 10.8 Å². The van der Waals surface area contributed by atoms with Crippen LogP contribution < -0.4 is 0 Å². The van der Waals surface area contributed by atoms with Crippen LogP contribution in [0.3, 0.4) is 0 Å². The molecule has 2 atom stereocenters. The molecule has 2 unspecified atom stereocenters. The van der Waals surface area contributed by atoms with Gasteiger partial charge in [0.1, 0.15) is 0 Å². The molecule has 0 saturated carbocycles. The lowest BCUT2D eigenvalue weighted by molar-refractivity contribution is -0.134. The summed E-state index contributed by atoms with van der Waals surface area (Å²) in [5.74, 6) is 0.402. The van der Waals surface area contributed by atoms with E-state index in [2.05, 4.69) is 91.8 Å². The second kappa shape index (κ2) is 12.7. The highest BCUT2D eigenvalue weighted by atomic mass is 16.1. The molecule has 0 amide bonds. The van der Waals surface area contributed by atoms with Gasteiger partial charge in [0.15, 0.2) is 5.78 Å². The van der Waals surface area contributed by atoms with Crippen molar-refractivity contribution in [1.82, 2.24) is 0 Å². The topological polar surface area (TPSA) is 17.1 Å². The van der Waals surface area contributed by atoms with Crippen molar-refractivity contribution in [3.63, 3.8) is 0 Å². The molecule has 0 bridgehead atoms. The first-order valence-corrected chi connectivity index (χ1v) is 13.5. The average Bonchev–Trinajstić information content (AvgIpc) is 2.79. The Labute approximate surface area is 210 Å². The van der Waals surface area contributed by atoms with Gasteiger partial charge >= 0.3 is 0 Å². The summed E-state index contributed by atoms with van der Waals surface area (Å²) in [7, 11) is 0. The summed E-state index contributed by atoms with van der Waals surface area (Å²) in [4.78, 5) is 14.6. The number of hydrogen-bond donors (Lipinski definition) is 0. The molecule has 2 aliphatic rings. The van der Waals surface area contributed by atoms with E-state index in [9.17, 15) is 4.79 Å². The molecule has 0 aliphatic heterocycles. The Hall–Kier alpha value is -1.89. The van der Waals surface area contributed by atoms with Crippen LogP contribution in [0, 0.1) is 10.8 Å². The maximum absolute atomic E-state index is 14.6. The number of rotatable bonds is 2. The molecule has 0 aromatic carbocycles. The lowest BCUT2D eigenvalue weighted by atomic mass is 9.61. The second-order valence-electron chi connectivity index (χ2n) is 11.5. The molecule has 1 heteroatoms. The fourth-order valence-corrected chi connectivity index (χ4v) is 5.31. The molecule has 0 spiro atoms. The van der Waals surface area contributed by atoms with E-state index in [1.807, 2.05) is 0 Å². The third kappa shape index (κ3) is 7.56. The summed E-state index contributed by atoms with van der Waals surface area (Å²) in [5, 5.41) is 0. The van der Waals surface area contributed by atoms with Crippen molar-refractivity contribution >= 4 is 5.78 Å². The molecule has 1 nitrogen and oxygen atoms in total. The van der Waals surface area contributed by atoms with Crippen LogP contribution >= 0.6 is 0 Å².